The van der Waals surface area contributed by atoms with E-state index < -0.39 is 287 Å². The van der Waals surface area contributed by atoms with Gasteiger partial charge in [-0.15, -0.1) is 0 Å². The van der Waals surface area contributed by atoms with Gasteiger partial charge in [0.15, 0.2) is 25.0 Å². The third kappa shape index (κ3) is 31.1. The summed E-state index contributed by atoms with van der Waals surface area (Å²) in [6.45, 7) is 5.04. The molecular weight excluding hydrogens is 1600 g/mol. The molecule has 0 saturated carbocycles. The molecule has 11 amide bonds. The highest BCUT2D eigenvalue weighted by Crippen LogP contribution is 2.31. The molecule has 4 saturated heterocycles. The number of unbranched alkanes of at least 4 members (excludes halogenated alkanes) is 10. The number of aliphatic hydroxyl groups excluding tert-OH is 12. The van der Waals surface area contributed by atoms with Crippen LogP contribution in [-0.4, -0.2) is 347 Å². The molecule has 4 fully saturated rings. The fourth-order valence-electron chi connectivity index (χ4n) is 13.9. The molecule has 5 rings (SSSR count). The maximum atomic E-state index is 15.3. The number of nitrogens with zero attached hydrogens (tertiary/aromatic N) is 1. The van der Waals surface area contributed by atoms with Crippen molar-refractivity contribution in [1.29, 1.82) is 0 Å². The molecule has 0 spiro atoms. The number of allylic oxidation sites excluding steroid dienone is 1. The number of nitrogens with two attached hydrogens (primary N) is 2. The van der Waals surface area contributed by atoms with Crippen molar-refractivity contribution < 1.29 is 157 Å². The third-order valence-electron chi connectivity index (χ3n) is 21.0. The van der Waals surface area contributed by atoms with Crippen molar-refractivity contribution in [2.45, 2.75) is 322 Å². The first-order chi connectivity index (χ1) is 57.2. The highest BCUT2D eigenvalue weighted by molar-refractivity contribution is 6.02. The van der Waals surface area contributed by atoms with Gasteiger partial charge >= 0.3 is 5.97 Å². The Kier molecular flexibility index (Phi) is 43.5. The maximum absolute atomic E-state index is 15.3. The van der Waals surface area contributed by atoms with E-state index in [2.05, 4.69) is 54.8 Å². The van der Waals surface area contributed by atoms with Gasteiger partial charge in [0.25, 0.3) is 11.8 Å². The number of amides is 11. The van der Waals surface area contributed by atoms with E-state index in [0.29, 0.717) is 17.7 Å². The van der Waals surface area contributed by atoms with Gasteiger partial charge in [0.2, 0.25) is 53.2 Å². The zero-order valence-electron chi connectivity index (χ0n) is 69.2. The first kappa shape index (κ1) is 103. The van der Waals surface area contributed by atoms with Gasteiger partial charge in [0.05, 0.1) is 50.8 Å². The van der Waals surface area contributed by atoms with Crippen LogP contribution < -0.4 is 59.3 Å². The number of primary amides is 1. The van der Waals surface area contributed by atoms with Gasteiger partial charge < -0.3 is 164 Å². The molecule has 1 aromatic rings. The number of nitrogens with one attached hydrogen (secondary N) is 9. The van der Waals surface area contributed by atoms with Crippen molar-refractivity contribution >= 4 is 70.9 Å². The van der Waals surface area contributed by atoms with E-state index in [1.807, 2.05) is 0 Å². The highest BCUT2D eigenvalue weighted by Gasteiger charge is 2.52. The van der Waals surface area contributed by atoms with E-state index in [0.717, 1.165) is 92.7 Å². The second-order valence-electron chi connectivity index (χ2n) is 30.7. The summed E-state index contributed by atoms with van der Waals surface area (Å²) in [6.07, 6.45) is -28.5. The quantitative estimate of drug-likeness (QED) is 0.0167. The molecule has 121 heavy (non-hydrogen) atoms. The minimum atomic E-state index is -2.38. The van der Waals surface area contributed by atoms with E-state index in [9.17, 15) is 110 Å². The SMILES string of the molecule is CC=C1NC(=O)C(Cc2ccc(O)cc2)NC(=O)C(C(C)O)NC(=O)C(NC(=O)C(NC(=O)C(O)C(CCCCCCCCCCCC)OC2OCC(O)C(OC3OC(CO)C(O)C(O)C3NC(C)=O)C2O)C(C)O)C(C)OC(=O)C(CCCCN)NC(=O)C(C(C)OC2OC(CO)C(O)C(O)C2O)N(C)C(=O)CNC(=O)C(CCC(N)=O)NC1=O. The van der Waals surface area contributed by atoms with Gasteiger partial charge in [-0.25, -0.2) is 4.79 Å². The van der Waals surface area contributed by atoms with Gasteiger partial charge in [-0.1, -0.05) is 89.3 Å². The summed E-state index contributed by atoms with van der Waals surface area (Å²) < 4.78 is 40.9. The fourth-order valence-corrected chi connectivity index (χ4v) is 13.9. The average Bonchev–Trinajstić information content (AvgIpc) is 0.806. The molecule has 1 aromatic carbocycles. The van der Waals surface area contributed by atoms with Crippen molar-refractivity contribution in [3.63, 3.8) is 0 Å². The van der Waals surface area contributed by atoms with E-state index in [-0.39, 0.29) is 50.0 Å². The number of likely N-dealkylation sites (N-methyl/N-ethyl adjacent to an activating group) is 1. The number of ether oxygens (including phenoxy) is 7. The molecule has 0 bridgehead atoms. The molecular formula is C77H126N12O32. The van der Waals surface area contributed by atoms with E-state index in [4.69, 9.17) is 44.6 Å². The number of phenolic OH excluding ortho intramolecular Hbond substituents is 1. The number of esters is 1. The van der Waals surface area contributed by atoms with Gasteiger partial charge in [0.1, 0.15) is 127 Å². The molecule has 27 atom stereocenters. The third-order valence-corrected chi connectivity index (χ3v) is 21.0. The molecule has 27 unspecified atom stereocenters. The summed E-state index contributed by atoms with van der Waals surface area (Å²) in [7, 11) is 1.01. The number of carbonyl (C=O) groups excluding carboxylic acids is 12. The second-order valence-corrected chi connectivity index (χ2v) is 30.7. The number of benzene rings is 1. The summed E-state index contributed by atoms with van der Waals surface area (Å²) in [5.41, 5.74) is 10.9. The predicted molar refractivity (Wildman–Crippen MR) is 419 cm³/mol. The van der Waals surface area contributed by atoms with Crippen LogP contribution in [0.15, 0.2) is 36.0 Å². The molecule has 0 aromatic heterocycles. The first-order valence-electron chi connectivity index (χ1n) is 40.7. The lowest BCUT2D eigenvalue weighted by Gasteiger charge is -2.46. The molecule has 0 radical (unpaired) electrons. The minimum absolute atomic E-state index is 0.00222. The molecule has 686 valence electrons. The summed E-state index contributed by atoms with van der Waals surface area (Å²) in [5.74, 6) is -15.2. The Hall–Kier alpha value is -8.36. The fraction of sp³-hybridized carbons (Fsp3) is 0.740. The zero-order valence-corrected chi connectivity index (χ0v) is 69.2. The van der Waals surface area contributed by atoms with E-state index >= 15 is 14.4 Å². The molecule has 26 N–H and O–H groups in total. The number of hydrogen-bond acceptors (Lipinski definition) is 33. The summed E-state index contributed by atoms with van der Waals surface area (Å²) >= 11 is 0. The Bertz CT molecular complexity index is 3550. The first-order valence-corrected chi connectivity index (χ1v) is 40.7. The molecule has 0 aliphatic carbocycles. The number of aromatic hydroxyl groups is 1. The lowest BCUT2D eigenvalue weighted by molar-refractivity contribution is -0.339. The summed E-state index contributed by atoms with van der Waals surface area (Å²) in [6, 6.07) is -10.7. The largest absolute Gasteiger partial charge is 0.508 e. The molecule has 4 aliphatic rings. The van der Waals surface area contributed by atoms with Crippen molar-refractivity contribution in [1.82, 2.24) is 52.8 Å². The van der Waals surface area contributed by atoms with Crippen LogP contribution in [-0.2, 0) is 97.1 Å². The van der Waals surface area contributed by atoms with Crippen LogP contribution in [0.5, 0.6) is 5.75 Å². The average molecular weight is 1730 g/mol. The monoisotopic (exact) mass is 1730 g/mol. The van der Waals surface area contributed by atoms with Crippen LogP contribution >= 0.6 is 0 Å². The number of carbonyl (C=O) groups is 12. The van der Waals surface area contributed by atoms with Gasteiger partial charge in [-0.2, -0.15) is 0 Å². The van der Waals surface area contributed by atoms with Crippen LogP contribution in [0.2, 0.25) is 0 Å². The molecule has 44 nitrogen and oxygen atoms in total. The highest BCUT2D eigenvalue weighted by atomic mass is 16.7. The van der Waals surface area contributed by atoms with Gasteiger partial charge in [-0.05, 0) is 91.0 Å². The Morgan fingerprint density at radius 1 is 0.669 bits per heavy atom. The Morgan fingerprint density at radius 3 is 1.85 bits per heavy atom. The topological polar surface area (TPSA) is 696 Å². The number of phenols is 1. The van der Waals surface area contributed by atoms with Crippen molar-refractivity contribution in [2.75, 3.05) is 40.0 Å². The summed E-state index contributed by atoms with van der Waals surface area (Å²) in [5, 5.41) is 163. The number of aliphatic hydroxyl groups is 12. The van der Waals surface area contributed by atoms with Crippen LogP contribution in [0.25, 0.3) is 0 Å². The second kappa shape index (κ2) is 51.0. The number of hydrogen-bond donors (Lipinski definition) is 24. The van der Waals surface area contributed by atoms with Crippen molar-refractivity contribution in [3.05, 3.63) is 41.6 Å². The Morgan fingerprint density at radius 2 is 1.27 bits per heavy atom. The Balaban J connectivity index is 1.61. The lowest BCUT2D eigenvalue weighted by atomic mass is 9.96. The number of rotatable bonds is 37. The molecule has 44 heteroatoms. The summed E-state index contributed by atoms with van der Waals surface area (Å²) in [4.78, 5) is 172. The van der Waals surface area contributed by atoms with Gasteiger partial charge in [-0.3, -0.25) is 52.7 Å². The van der Waals surface area contributed by atoms with Crippen molar-refractivity contribution in [3.8, 4) is 5.75 Å². The minimum Gasteiger partial charge on any atom is -0.508 e. The van der Waals surface area contributed by atoms with Crippen molar-refractivity contribution in [2.24, 2.45) is 11.5 Å². The van der Waals surface area contributed by atoms with E-state index in [1.165, 1.54) is 31.2 Å². The standard InChI is InChI=1S/C77H126N12O32/c1-9-11-12-13-14-15-16-17-18-19-23-48(118-76-64(105)65(47(96)35-115-76)121-75-56(81-40(7)94)61(102)58(99)49(33-90)119-75)60(101)73(113)87-54(37(4)93)70(110)88-55-38(5)116-74(114)45(22-20-21-30-78)84-72(112)57(39(6)117-77-63(104)62(103)59(100)50(34-91)120-77)89(8)52(98)32-80-66(106)44(28-29-51(79)97)83-67(107)43(10-2)82-68(108)46(31-41-24-26-42(95)27-25-41)85-69(109)53(36(3)92)86-71(55)111/h10,24-27,36-39,44-50,53-65,75-77,90-93,95-96,99-105H,9,11-23,28-35,78H2,1-8H3,(H2,79,97)(H,80,106)(H,81,94)(H,82,108)(H,83,107)(H,84,112)(H,85,109)(H,86,111)(H,87,113)(H,88,110). The Labute approximate surface area is 699 Å². The predicted octanol–water partition coefficient (Wildman–Crippen LogP) is -8.42. The van der Waals surface area contributed by atoms with Crippen LogP contribution in [0.1, 0.15) is 157 Å². The zero-order chi connectivity index (χ0) is 90.2. The van der Waals surface area contributed by atoms with Crippen LogP contribution in [0.4, 0.5) is 0 Å². The van der Waals surface area contributed by atoms with Gasteiger partial charge in [0, 0.05) is 26.8 Å². The smallest absolute Gasteiger partial charge is 0.328 e. The van der Waals surface area contributed by atoms with E-state index in [1.54, 1.807) is 0 Å². The molecule has 4 aliphatic heterocycles. The number of cyclic esters (lactones) is 1. The van der Waals surface area contributed by atoms with Crippen LogP contribution in [0, 0.1) is 0 Å². The van der Waals surface area contributed by atoms with Crippen LogP contribution in [0.3, 0.4) is 0 Å². The maximum Gasteiger partial charge on any atom is 0.328 e. The lowest BCUT2D eigenvalue weighted by Crippen LogP contribution is -2.67. The molecule has 4 heterocycles. The normalized spacial score (nSPS) is 31.1.